The van der Waals surface area contributed by atoms with Gasteiger partial charge in [-0.05, 0) is 48.7 Å². The standard InChI is InChI=1S/C24H29N3O3/c1-3-4-5-14-30-23-21(29-2)11-8-18-15-19(16-27-22(18)23)24(28)26-13-12-17-6-9-20(25)10-7-17/h6-11,15-16H,3-5,12-14,25H2,1-2H3,(H,26,28). The average Bonchev–Trinajstić information content (AvgIpc) is 2.77. The summed E-state index contributed by atoms with van der Waals surface area (Å²) in [5, 5.41) is 3.79. The first kappa shape index (κ1) is 21.4. The molecular formula is C24H29N3O3. The molecule has 0 radical (unpaired) electrons. The lowest BCUT2D eigenvalue weighted by Crippen LogP contribution is -2.25. The summed E-state index contributed by atoms with van der Waals surface area (Å²) >= 11 is 0. The fourth-order valence-corrected chi connectivity index (χ4v) is 3.21. The van der Waals surface area contributed by atoms with Crippen LogP contribution in [0.2, 0.25) is 0 Å². The van der Waals surface area contributed by atoms with Gasteiger partial charge in [0.1, 0.15) is 5.52 Å². The minimum Gasteiger partial charge on any atom is -0.493 e. The van der Waals surface area contributed by atoms with Crippen LogP contribution < -0.4 is 20.5 Å². The van der Waals surface area contributed by atoms with Crippen LogP contribution in [0.5, 0.6) is 11.5 Å². The summed E-state index contributed by atoms with van der Waals surface area (Å²) in [4.78, 5) is 17.1. The van der Waals surface area contributed by atoms with Gasteiger partial charge < -0.3 is 20.5 Å². The van der Waals surface area contributed by atoms with Crippen LogP contribution in [0, 0.1) is 0 Å². The summed E-state index contributed by atoms with van der Waals surface area (Å²) in [5.74, 6) is 1.12. The van der Waals surface area contributed by atoms with E-state index in [2.05, 4.69) is 17.2 Å². The number of amides is 1. The van der Waals surface area contributed by atoms with Crippen LogP contribution in [0.1, 0.15) is 42.1 Å². The topological polar surface area (TPSA) is 86.5 Å². The molecule has 3 rings (SSSR count). The van der Waals surface area contributed by atoms with Crippen LogP contribution >= 0.6 is 0 Å². The van der Waals surface area contributed by atoms with Gasteiger partial charge in [-0.3, -0.25) is 9.78 Å². The molecule has 0 aliphatic rings. The lowest BCUT2D eigenvalue weighted by molar-refractivity contribution is 0.0954. The zero-order chi connectivity index (χ0) is 21.3. The first-order chi connectivity index (χ1) is 14.6. The molecule has 0 aliphatic carbocycles. The molecule has 1 aromatic heterocycles. The molecule has 3 N–H and O–H groups in total. The molecule has 1 heterocycles. The van der Waals surface area contributed by atoms with Crippen LogP contribution in [-0.2, 0) is 6.42 Å². The Hall–Kier alpha value is -3.28. The van der Waals surface area contributed by atoms with E-state index in [1.54, 1.807) is 13.3 Å². The molecule has 0 spiro atoms. The number of methoxy groups -OCH3 is 1. The van der Waals surface area contributed by atoms with Crippen molar-refractivity contribution < 1.29 is 14.3 Å². The van der Waals surface area contributed by atoms with Gasteiger partial charge in [0.25, 0.3) is 5.91 Å². The Bertz CT molecular complexity index is 987. The lowest BCUT2D eigenvalue weighted by Gasteiger charge is -2.13. The molecule has 2 aromatic carbocycles. The van der Waals surface area contributed by atoms with E-state index < -0.39 is 0 Å². The number of hydrogen-bond acceptors (Lipinski definition) is 5. The fourth-order valence-electron chi connectivity index (χ4n) is 3.21. The number of hydrogen-bond donors (Lipinski definition) is 2. The van der Waals surface area contributed by atoms with Gasteiger partial charge in [0.2, 0.25) is 0 Å². The van der Waals surface area contributed by atoms with Gasteiger partial charge in [-0.2, -0.15) is 0 Å². The van der Waals surface area contributed by atoms with Crippen molar-refractivity contribution in [1.29, 1.82) is 0 Å². The monoisotopic (exact) mass is 407 g/mol. The summed E-state index contributed by atoms with van der Waals surface area (Å²) in [5.41, 5.74) is 8.77. The molecular weight excluding hydrogens is 378 g/mol. The molecule has 0 saturated carbocycles. The number of ether oxygens (including phenoxy) is 2. The quantitative estimate of drug-likeness (QED) is 0.385. The van der Waals surface area contributed by atoms with Crippen molar-refractivity contribution in [2.75, 3.05) is 26.0 Å². The molecule has 0 saturated heterocycles. The van der Waals surface area contributed by atoms with E-state index >= 15 is 0 Å². The maximum absolute atomic E-state index is 12.6. The van der Waals surface area contributed by atoms with Crippen LogP contribution in [0.4, 0.5) is 5.69 Å². The van der Waals surface area contributed by atoms with Crippen LogP contribution in [0.25, 0.3) is 10.9 Å². The number of nitrogens with one attached hydrogen (secondary N) is 1. The second-order valence-electron chi connectivity index (χ2n) is 7.20. The van der Waals surface area contributed by atoms with E-state index in [4.69, 9.17) is 15.2 Å². The molecule has 6 nitrogen and oxygen atoms in total. The molecule has 6 heteroatoms. The molecule has 1 amide bonds. The summed E-state index contributed by atoms with van der Waals surface area (Å²) in [6, 6.07) is 13.2. The SMILES string of the molecule is CCCCCOc1c(OC)ccc2cc(C(=O)NCCc3ccc(N)cc3)cnc12. The summed E-state index contributed by atoms with van der Waals surface area (Å²) in [6.07, 6.45) is 5.54. The van der Waals surface area contributed by atoms with E-state index in [9.17, 15) is 4.79 Å². The van der Waals surface area contributed by atoms with E-state index in [1.807, 2.05) is 42.5 Å². The molecule has 158 valence electrons. The van der Waals surface area contributed by atoms with Crippen LogP contribution in [0.15, 0.2) is 48.7 Å². The van der Waals surface area contributed by atoms with Crippen molar-refractivity contribution in [2.45, 2.75) is 32.6 Å². The van der Waals surface area contributed by atoms with Gasteiger partial charge in [0.05, 0.1) is 19.3 Å². The van der Waals surface area contributed by atoms with Crippen LogP contribution in [0.3, 0.4) is 0 Å². The number of nitrogens with zero attached hydrogens (tertiary/aromatic N) is 1. The lowest BCUT2D eigenvalue weighted by atomic mass is 10.1. The van der Waals surface area contributed by atoms with E-state index in [0.717, 1.165) is 42.3 Å². The number of fused-ring (bicyclic) bond motifs is 1. The van der Waals surface area contributed by atoms with Gasteiger partial charge in [-0.25, -0.2) is 0 Å². The van der Waals surface area contributed by atoms with Gasteiger partial charge in [0, 0.05) is 23.8 Å². The van der Waals surface area contributed by atoms with Crippen molar-refractivity contribution in [1.82, 2.24) is 10.3 Å². The number of carbonyl (C=O) groups is 1. The van der Waals surface area contributed by atoms with Crippen molar-refractivity contribution in [3.05, 3.63) is 59.8 Å². The molecule has 0 atom stereocenters. The van der Waals surface area contributed by atoms with E-state index in [-0.39, 0.29) is 5.91 Å². The normalized spacial score (nSPS) is 10.7. The predicted molar refractivity (Wildman–Crippen MR) is 120 cm³/mol. The average molecular weight is 408 g/mol. The maximum atomic E-state index is 12.6. The number of pyridine rings is 1. The molecule has 0 unspecified atom stereocenters. The zero-order valence-electron chi connectivity index (χ0n) is 17.6. The Labute approximate surface area is 177 Å². The highest BCUT2D eigenvalue weighted by Crippen LogP contribution is 2.34. The van der Waals surface area contributed by atoms with Crippen molar-refractivity contribution in [3.63, 3.8) is 0 Å². The van der Waals surface area contributed by atoms with Crippen molar-refractivity contribution in [2.24, 2.45) is 0 Å². The second-order valence-corrected chi connectivity index (χ2v) is 7.20. The van der Waals surface area contributed by atoms with Crippen molar-refractivity contribution >= 4 is 22.5 Å². The summed E-state index contributed by atoms with van der Waals surface area (Å²) in [7, 11) is 1.61. The number of nitrogens with two attached hydrogens (primary N) is 1. The number of rotatable bonds is 10. The summed E-state index contributed by atoms with van der Waals surface area (Å²) < 4.78 is 11.4. The highest BCUT2D eigenvalue weighted by molar-refractivity contribution is 5.98. The predicted octanol–water partition coefficient (Wildman–Crippen LogP) is 4.37. The molecule has 0 fully saturated rings. The number of benzene rings is 2. The van der Waals surface area contributed by atoms with E-state index in [1.165, 1.54) is 0 Å². The fraction of sp³-hybridized carbons (Fsp3) is 0.333. The Morgan fingerprint density at radius 1 is 1.13 bits per heavy atom. The molecule has 30 heavy (non-hydrogen) atoms. The van der Waals surface area contributed by atoms with Gasteiger partial charge in [-0.15, -0.1) is 0 Å². The molecule has 3 aromatic rings. The highest BCUT2D eigenvalue weighted by atomic mass is 16.5. The number of aromatic nitrogens is 1. The Kier molecular flexibility index (Phi) is 7.49. The summed E-state index contributed by atoms with van der Waals surface area (Å²) in [6.45, 7) is 3.30. The highest BCUT2D eigenvalue weighted by Gasteiger charge is 2.14. The molecule has 0 bridgehead atoms. The second kappa shape index (κ2) is 10.5. The smallest absolute Gasteiger partial charge is 0.252 e. The van der Waals surface area contributed by atoms with E-state index in [0.29, 0.717) is 35.7 Å². The first-order valence-corrected chi connectivity index (χ1v) is 10.3. The maximum Gasteiger partial charge on any atom is 0.252 e. The Balaban J connectivity index is 1.69. The number of unbranched alkanes of at least 4 members (excludes halogenated alkanes) is 2. The Morgan fingerprint density at radius 2 is 1.93 bits per heavy atom. The minimum absolute atomic E-state index is 0.152. The minimum atomic E-state index is -0.152. The van der Waals surface area contributed by atoms with Gasteiger partial charge in [0.15, 0.2) is 11.5 Å². The zero-order valence-corrected chi connectivity index (χ0v) is 17.6. The first-order valence-electron chi connectivity index (χ1n) is 10.3. The van der Waals surface area contributed by atoms with Gasteiger partial charge >= 0.3 is 0 Å². The number of nitrogen functional groups attached to an aromatic ring is 1. The Morgan fingerprint density at radius 3 is 2.67 bits per heavy atom. The number of anilines is 1. The molecule has 0 aliphatic heterocycles. The third kappa shape index (κ3) is 5.41. The third-order valence-electron chi connectivity index (χ3n) is 4.93. The van der Waals surface area contributed by atoms with Gasteiger partial charge in [-0.1, -0.05) is 31.9 Å². The largest absolute Gasteiger partial charge is 0.493 e. The van der Waals surface area contributed by atoms with Crippen molar-refractivity contribution in [3.8, 4) is 11.5 Å². The van der Waals surface area contributed by atoms with Crippen LogP contribution in [-0.4, -0.2) is 31.2 Å². The number of carbonyl (C=O) groups excluding carboxylic acids is 1. The third-order valence-corrected chi connectivity index (χ3v) is 4.93.